The van der Waals surface area contributed by atoms with Crippen molar-refractivity contribution in [1.82, 2.24) is 4.98 Å². The van der Waals surface area contributed by atoms with Gasteiger partial charge in [-0.2, -0.15) is 0 Å². The Hall–Kier alpha value is -2.17. The number of nitrogens with zero attached hydrogens (tertiary/aromatic N) is 2. The van der Waals surface area contributed by atoms with Crippen LogP contribution in [0.25, 0.3) is 0 Å². The molecule has 0 spiro atoms. The molecule has 1 aliphatic rings. The van der Waals surface area contributed by atoms with Crippen molar-refractivity contribution in [1.29, 1.82) is 0 Å². The molecule has 0 radical (unpaired) electrons. The zero-order valence-corrected chi connectivity index (χ0v) is 15.5. The van der Waals surface area contributed by atoms with E-state index in [-0.39, 0.29) is 28.3 Å². The number of benzene rings is 1. The maximum absolute atomic E-state index is 14.6. The number of amidine groups is 1. The molecule has 27 heavy (non-hydrogen) atoms. The van der Waals surface area contributed by atoms with E-state index < -0.39 is 35.4 Å². The molecule has 0 unspecified atom stereocenters. The standard InChI is InChI=1S/C16H14ClF3N4O2S/c1-15(16(19,20)7-26-5-12(21)24-15)9-4-8(2-3-10(9)18)22-13(25)11-6-27-14(17)23-11/h2-4,6H,5,7H2,1H3,(H2,21,24)(H,22,25)/t15-/m1/s1. The minimum atomic E-state index is -3.53. The minimum Gasteiger partial charge on any atom is -0.385 e. The van der Waals surface area contributed by atoms with E-state index in [0.717, 1.165) is 30.4 Å². The maximum Gasteiger partial charge on any atom is 0.299 e. The molecule has 0 bridgehead atoms. The fraction of sp³-hybridized carbons (Fsp3) is 0.312. The van der Waals surface area contributed by atoms with E-state index >= 15 is 0 Å². The number of aromatic nitrogens is 1. The maximum atomic E-state index is 14.6. The minimum absolute atomic E-state index is 0.0533. The molecule has 0 saturated carbocycles. The highest BCUT2D eigenvalue weighted by molar-refractivity contribution is 7.14. The van der Waals surface area contributed by atoms with E-state index in [4.69, 9.17) is 22.1 Å². The van der Waals surface area contributed by atoms with Gasteiger partial charge in [-0.05, 0) is 25.1 Å². The third-order valence-electron chi connectivity index (χ3n) is 4.07. The molecule has 0 saturated heterocycles. The topological polar surface area (TPSA) is 89.6 Å². The third-order valence-corrected chi connectivity index (χ3v) is 5.05. The van der Waals surface area contributed by atoms with Crippen LogP contribution in [0.2, 0.25) is 4.47 Å². The number of hydrogen-bond donors (Lipinski definition) is 2. The molecule has 1 aromatic carbocycles. The van der Waals surface area contributed by atoms with Gasteiger partial charge in [0.05, 0.1) is 0 Å². The first-order valence-electron chi connectivity index (χ1n) is 7.64. The first kappa shape index (κ1) is 19.6. The molecule has 3 rings (SSSR count). The number of rotatable bonds is 3. The molecule has 1 atom stereocenters. The molecule has 0 aliphatic carbocycles. The van der Waals surface area contributed by atoms with Crippen LogP contribution in [0, 0.1) is 5.82 Å². The van der Waals surface area contributed by atoms with Crippen LogP contribution in [-0.2, 0) is 10.3 Å². The third kappa shape index (κ3) is 3.78. The van der Waals surface area contributed by atoms with Gasteiger partial charge in [0.1, 0.15) is 30.6 Å². The van der Waals surface area contributed by atoms with E-state index in [1.165, 1.54) is 11.4 Å². The van der Waals surface area contributed by atoms with Gasteiger partial charge in [0, 0.05) is 16.6 Å². The number of nitrogens with two attached hydrogens (primary N) is 1. The summed E-state index contributed by atoms with van der Waals surface area (Å²) in [6.45, 7) is -0.187. The molecule has 11 heteroatoms. The van der Waals surface area contributed by atoms with Crippen LogP contribution in [0.15, 0.2) is 28.6 Å². The molecule has 6 nitrogen and oxygen atoms in total. The molecule has 2 aromatic rings. The Balaban J connectivity index is 1.99. The van der Waals surface area contributed by atoms with E-state index in [1.807, 2.05) is 0 Å². The Bertz CT molecular complexity index is 921. The zero-order chi connectivity index (χ0) is 19.8. The number of carbonyl (C=O) groups excluding carboxylic acids is 1. The van der Waals surface area contributed by atoms with Gasteiger partial charge < -0.3 is 15.8 Å². The second-order valence-corrected chi connectivity index (χ2v) is 7.45. The van der Waals surface area contributed by atoms with E-state index in [9.17, 15) is 18.0 Å². The zero-order valence-electron chi connectivity index (χ0n) is 13.9. The number of amides is 1. The van der Waals surface area contributed by atoms with Crippen molar-refractivity contribution in [3.05, 3.63) is 45.1 Å². The lowest BCUT2D eigenvalue weighted by molar-refractivity contribution is -0.116. The van der Waals surface area contributed by atoms with Crippen LogP contribution in [0.1, 0.15) is 23.0 Å². The predicted octanol–water partition coefficient (Wildman–Crippen LogP) is 3.43. The van der Waals surface area contributed by atoms with Crippen LogP contribution in [0.4, 0.5) is 18.9 Å². The van der Waals surface area contributed by atoms with Crippen molar-refractivity contribution < 1.29 is 22.7 Å². The first-order valence-corrected chi connectivity index (χ1v) is 8.90. The number of carbonyl (C=O) groups is 1. The van der Waals surface area contributed by atoms with Gasteiger partial charge in [-0.3, -0.25) is 9.79 Å². The van der Waals surface area contributed by atoms with Gasteiger partial charge in [-0.15, -0.1) is 11.3 Å². The Morgan fingerprint density at radius 1 is 1.44 bits per heavy atom. The van der Waals surface area contributed by atoms with Crippen molar-refractivity contribution >= 4 is 40.4 Å². The van der Waals surface area contributed by atoms with Crippen molar-refractivity contribution in [2.45, 2.75) is 18.4 Å². The van der Waals surface area contributed by atoms with Gasteiger partial charge in [0.2, 0.25) is 0 Å². The number of alkyl halides is 2. The molecule has 3 N–H and O–H groups in total. The molecule has 2 heterocycles. The highest BCUT2D eigenvalue weighted by Gasteiger charge is 2.54. The molecule has 0 fully saturated rings. The second-order valence-electron chi connectivity index (χ2n) is 6.01. The molecular weight excluding hydrogens is 405 g/mol. The number of hydrogen-bond acceptors (Lipinski definition) is 6. The highest BCUT2D eigenvalue weighted by Crippen LogP contribution is 2.44. The van der Waals surface area contributed by atoms with Gasteiger partial charge >= 0.3 is 0 Å². The van der Waals surface area contributed by atoms with Crippen molar-refractivity contribution in [2.24, 2.45) is 10.7 Å². The van der Waals surface area contributed by atoms with Gasteiger partial charge in [0.25, 0.3) is 11.8 Å². The molecule has 1 aromatic heterocycles. The summed E-state index contributed by atoms with van der Waals surface area (Å²) in [5.74, 6) is -5.23. The lowest BCUT2D eigenvalue weighted by atomic mass is 9.85. The Labute approximate surface area is 161 Å². The predicted molar refractivity (Wildman–Crippen MR) is 96.2 cm³/mol. The van der Waals surface area contributed by atoms with Gasteiger partial charge in [-0.25, -0.2) is 18.2 Å². The summed E-state index contributed by atoms with van der Waals surface area (Å²) in [4.78, 5) is 19.8. The summed E-state index contributed by atoms with van der Waals surface area (Å²) in [7, 11) is 0. The lowest BCUT2D eigenvalue weighted by Crippen LogP contribution is -2.45. The van der Waals surface area contributed by atoms with Crippen molar-refractivity contribution in [3.63, 3.8) is 0 Å². The number of aliphatic imine (C=N–C) groups is 1. The average molecular weight is 419 g/mol. The molecular formula is C16H14ClF3N4O2S. The monoisotopic (exact) mass is 418 g/mol. The molecule has 1 amide bonds. The number of anilines is 1. The molecule has 1 aliphatic heterocycles. The van der Waals surface area contributed by atoms with Gasteiger partial charge in [-0.1, -0.05) is 11.6 Å². The summed E-state index contributed by atoms with van der Waals surface area (Å²) in [6.07, 6.45) is 0. The SMILES string of the molecule is C[C@]1(c2cc(NC(=O)c3csc(Cl)n3)ccc2F)N=C(N)COCC1(F)F. The Morgan fingerprint density at radius 2 is 2.19 bits per heavy atom. The lowest BCUT2D eigenvalue weighted by Gasteiger charge is -2.33. The van der Waals surface area contributed by atoms with E-state index in [0.29, 0.717) is 0 Å². The number of halogens is 4. The first-order chi connectivity index (χ1) is 12.6. The normalized spacial score (nSPS) is 22.0. The van der Waals surface area contributed by atoms with Crippen LogP contribution >= 0.6 is 22.9 Å². The van der Waals surface area contributed by atoms with Gasteiger partial charge in [0.15, 0.2) is 10.0 Å². The van der Waals surface area contributed by atoms with Crippen molar-refractivity contribution in [3.8, 4) is 0 Å². The summed E-state index contributed by atoms with van der Waals surface area (Å²) >= 11 is 6.75. The fourth-order valence-electron chi connectivity index (χ4n) is 2.61. The second kappa shape index (κ2) is 7.10. The Kier molecular flexibility index (Phi) is 5.15. The summed E-state index contributed by atoms with van der Waals surface area (Å²) in [5, 5.41) is 3.91. The average Bonchev–Trinajstić information content (AvgIpc) is 2.98. The summed E-state index contributed by atoms with van der Waals surface area (Å²) in [5.41, 5.74) is 3.02. The molecule has 144 valence electrons. The van der Waals surface area contributed by atoms with Crippen LogP contribution < -0.4 is 11.1 Å². The number of ether oxygens (including phenoxy) is 1. The summed E-state index contributed by atoms with van der Waals surface area (Å²) in [6, 6.07) is 3.31. The van der Waals surface area contributed by atoms with E-state index in [2.05, 4.69) is 15.3 Å². The fourth-order valence-corrected chi connectivity index (χ4v) is 3.35. The summed E-state index contributed by atoms with van der Waals surface area (Å²) < 4.78 is 48.7. The Morgan fingerprint density at radius 3 is 2.85 bits per heavy atom. The van der Waals surface area contributed by atoms with Crippen LogP contribution in [0.5, 0.6) is 0 Å². The van der Waals surface area contributed by atoms with Crippen molar-refractivity contribution in [2.75, 3.05) is 18.5 Å². The number of nitrogens with one attached hydrogen (secondary N) is 1. The largest absolute Gasteiger partial charge is 0.385 e. The van der Waals surface area contributed by atoms with E-state index in [1.54, 1.807) is 0 Å². The number of thiazole rings is 1. The highest BCUT2D eigenvalue weighted by atomic mass is 35.5. The quantitative estimate of drug-likeness (QED) is 0.799. The van der Waals surface area contributed by atoms with Crippen LogP contribution in [-0.4, -0.2) is 35.9 Å². The smallest absolute Gasteiger partial charge is 0.299 e. The van der Waals surface area contributed by atoms with Crippen LogP contribution in [0.3, 0.4) is 0 Å².